The van der Waals surface area contributed by atoms with E-state index >= 15 is 0 Å². The summed E-state index contributed by atoms with van der Waals surface area (Å²) in [5, 5.41) is 11.3. The number of carbonyl (C=O) groups excluding carboxylic acids is 2. The Hall–Kier alpha value is 0.207. The first-order valence-electron chi connectivity index (χ1n) is 5.62. The van der Waals surface area contributed by atoms with E-state index in [1.807, 2.05) is 13.8 Å². The van der Waals surface area contributed by atoms with Crippen LogP contribution in [-0.4, -0.2) is 71.4 Å². The molecule has 0 radical (unpaired) electrons. The fourth-order valence-corrected chi connectivity index (χ4v) is 2.31. The van der Waals surface area contributed by atoms with Gasteiger partial charge in [0.25, 0.3) is 11.9 Å². The minimum absolute atomic E-state index is 0. The molecule has 0 fully saturated rings. The number of amides is 2. The predicted octanol–water partition coefficient (Wildman–Crippen LogP) is 0.0924. The summed E-state index contributed by atoms with van der Waals surface area (Å²) < 4.78 is 0. The first-order chi connectivity index (χ1) is 7.48. The molecule has 1 heterocycles. The third-order valence-electron chi connectivity index (χ3n) is 3.34. The minimum atomic E-state index is -1.11. The van der Waals surface area contributed by atoms with Crippen molar-refractivity contribution < 1.29 is 14.7 Å². The summed E-state index contributed by atoms with van der Waals surface area (Å²) in [4.78, 5) is 27.2. The van der Waals surface area contributed by atoms with Gasteiger partial charge in [-0.15, -0.1) is 0 Å². The second-order valence-corrected chi connectivity index (χ2v) is 4.21. The Balaban J connectivity index is 0. The van der Waals surface area contributed by atoms with E-state index in [-0.39, 0.29) is 54.3 Å². The maximum absolute atomic E-state index is 11.9. The van der Waals surface area contributed by atoms with Crippen LogP contribution in [0.3, 0.4) is 0 Å². The molecule has 2 amide bonds. The Morgan fingerprint density at radius 1 is 1.39 bits per heavy atom. The van der Waals surface area contributed by atoms with Gasteiger partial charge < -0.3 is 5.11 Å². The van der Waals surface area contributed by atoms with Gasteiger partial charge in [-0.3, -0.25) is 14.9 Å². The molecule has 2 N–H and O–H groups in total. The molecule has 5 nitrogen and oxygen atoms in total. The van der Waals surface area contributed by atoms with Crippen molar-refractivity contribution in [3.63, 3.8) is 0 Å². The first kappa shape index (κ1) is 20.5. The number of aliphatic hydroxyl groups is 1. The number of carbonyl (C=O) groups is 2. The van der Waals surface area contributed by atoms with Crippen LogP contribution in [-0.2, 0) is 9.59 Å². The summed E-state index contributed by atoms with van der Waals surface area (Å²) in [6, 6.07) is -0.595. The molecule has 0 aliphatic carbocycles. The van der Waals surface area contributed by atoms with Gasteiger partial charge >= 0.3 is 48.4 Å². The summed E-state index contributed by atoms with van der Waals surface area (Å²) in [5.41, 5.74) is -1.11. The maximum atomic E-state index is 11.9. The molecule has 7 heteroatoms. The van der Waals surface area contributed by atoms with Crippen molar-refractivity contribution in [2.45, 2.75) is 40.0 Å². The predicted molar refractivity (Wildman–Crippen MR) is 74.3 cm³/mol. The van der Waals surface area contributed by atoms with Gasteiger partial charge in [0.15, 0.2) is 0 Å². The molecule has 94 valence electrons. The standard InChI is InChI=1S/C11H18N2O3.Li.Na.2H/c1-4-6-7(3)11(5-2)8(14)12-10(16)13-9(11)15;;;;/h7H,4-6H2,1-3H3,(H2,12,13,14,15,16);;;;. The van der Waals surface area contributed by atoms with Crippen LogP contribution < -0.4 is 5.32 Å². The number of aliphatic imine (C=N–C) groups is 1. The Morgan fingerprint density at radius 3 is 2.33 bits per heavy atom. The van der Waals surface area contributed by atoms with Crippen LogP contribution in [0.1, 0.15) is 40.0 Å². The third kappa shape index (κ3) is 3.61. The van der Waals surface area contributed by atoms with E-state index < -0.39 is 23.3 Å². The molecule has 0 bridgehead atoms. The average molecular weight is 258 g/mol. The zero-order valence-corrected chi connectivity index (χ0v) is 9.91. The normalized spacial score (nSPS) is 24.3. The topological polar surface area (TPSA) is 78.8 Å². The molecule has 0 saturated heterocycles. The van der Waals surface area contributed by atoms with E-state index in [2.05, 4.69) is 10.3 Å². The van der Waals surface area contributed by atoms with Gasteiger partial charge in [-0.2, -0.15) is 4.99 Å². The third-order valence-corrected chi connectivity index (χ3v) is 3.34. The molecular formula is C11H20LiN2NaO3. The van der Waals surface area contributed by atoms with Crippen LogP contribution in [0.25, 0.3) is 0 Å². The molecule has 2 atom stereocenters. The van der Waals surface area contributed by atoms with Gasteiger partial charge in [0, 0.05) is 0 Å². The van der Waals surface area contributed by atoms with Crippen molar-refractivity contribution in [3.05, 3.63) is 0 Å². The summed E-state index contributed by atoms with van der Waals surface area (Å²) in [5.74, 6) is -1.04. The van der Waals surface area contributed by atoms with Gasteiger partial charge in [0.05, 0.1) is 0 Å². The zero-order chi connectivity index (χ0) is 12.3. The van der Waals surface area contributed by atoms with E-state index in [1.54, 1.807) is 6.92 Å². The van der Waals surface area contributed by atoms with Crippen molar-refractivity contribution in [1.82, 2.24) is 5.32 Å². The van der Waals surface area contributed by atoms with Crippen molar-refractivity contribution in [1.29, 1.82) is 0 Å². The average Bonchev–Trinajstić information content (AvgIpc) is 2.18. The van der Waals surface area contributed by atoms with Crippen LogP contribution in [0.5, 0.6) is 0 Å². The van der Waals surface area contributed by atoms with Crippen molar-refractivity contribution in [2.24, 2.45) is 16.3 Å². The molecule has 2 unspecified atom stereocenters. The van der Waals surface area contributed by atoms with Crippen LogP contribution in [0, 0.1) is 11.3 Å². The second kappa shape index (κ2) is 8.39. The summed E-state index contributed by atoms with van der Waals surface area (Å²) in [6.07, 6.45) is 2.08. The number of hydrogen-bond donors (Lipinski definition) is 2. The summed E-state index contributed by atoms with van der Waals surface area (Å²) >= 11 is 0. The number of hydrogen-bond acceptors (Lipinski definition) is 2. The van der Waals surface area contributed by atoms with Crippen LogP contribution >= 0.6 is 0 Å². The van der Waals surface area contributed by atoms with E-state index in [1.165, 1.54) is 0 Å². The monoisotopic (exact) mass is 258 g/mol. The number of amidine groups is 1. The number of nitrogens with zero attached hydrogens (tertiary/aromatic N) is 1. The molecular weight excluding hydrogens is 238 g/mol. The zero-order valence-electron chi connectivity index (χ0n) is 9.91. The van der Waals surface area contributed by atoms with Crippen molar-refractivity contribution in [3.8, 4) is 0 Å². The number of aliphatic hydroxyl groups excluding tert-OH is 1. The Bertz CT molecular complexity index is 349. The second-order valence-electron chi connectivity index (χ2n) is 4.21. The molecule has 0 saturated carbocycles. The van der Waals surface area contributed by atoms with Gasteiger partial charge in [-0.05, 0) is 18.8 Å². The van der Waals surface area contributed by atoms with Gasteiger partial charge in [0.1, 0.15) is 5.41 Å². The summed E-state index contributed by atoms with van der Waals surface area (Å²) in [7, 11) is 0. The van der Waals surface area contributed by atoms with E-state index in [0.29, 0.717) is 6.42 Å². The van der Waals surface area contributed by atoms with Crippen LogP contribution in [0.2, 0.25) is 0 Å². The molecule has 1 aliphatic heterocycles. The summed E-state index contributed by atoms with van der Waals surface area (Å²) in [6.45, 7) is 5.68. The van der Waals surface area contributed by atoms with Crippen LogP contribution in [0.15, 0.2) is 4.99 Å². The van der Waals surface area contributed by atoms with Crippen LogP contribution in [0.4, 0.5) is 0 Å². The molecule has 0 aromatic rings. The Labute approximate surface area is 142 Å². The van der Waals surface area contributed by atoms with Gasteiger partial charge in [-0.25, -0.2) is 0 Å². The van der Waals surface area contributed by atoms with E-state index in [4.69, 9.17) is 5.11 Å². The SMILES string of the molecule is CCCC(C)C1(CC)C(=O)N=C(O)NC1=O.[LiH].[NaH]. The molecule has 0 aromatic heterocycles. The molecule has 1 aliphatic rings. The fourth-order valence-electron chi connectivity index (χ4n) is 2.31. The Kier molecular flexibility index (Phi) is 9.57. The van der Waals surface area contributed by atoms with Gasteiger partial charge in [0.2, 0.25) is 5.91 Å². The van der Waals surface area contributed by atoms with Crippen molar-refractivity contribution >= 4 is 66.3 Å². The van der Waals surface area contributed by atoms with E-state index in [9.17, 15) is 9.59 Å². The molecule has 0 spiro atoms. The van der Waals surface area contributed by atoms with Gasteiger partial charge in [-0.1, -0.05) is 27.2 Å². The van der Waals surface area contributed by atoms with Crippen molar-refractivity contribution in [2.75, 3.05) is 0 Å². The quantitative estimate of drug-likeness (QED) is 0.554. The number of nitrogens with one attached hydrogen (secondary N) is 1. The van der Waals surface area contributed by atoms with E-state index in [0.717, 1.165) is 12.8 Å². The number of rotatable bonds is 4. The first-order valence-corrected chi connectivity index (χ1v) is 5.62. The molecule has 1 rings (SSSR count). The molecule has 0 aromatic carbocycles. The fraction of sp³-hybridized carbons (Fsp3) is 0.727. The molecule has 18 heavy (non-hydrogen) atoms. The Morgan fingerprint density at radius 2 is 1.94 bits per heavy atom.